The van der Waals surface area contributed by atoms with E-state index in [1.807, 2.05) is 36.0 Å². The Morgan fingerprint density at radius 1 is 1.17 bits per heavy atom. The highest BCUT2D eigenvalue weighted by Gasteiger charge is 2.22. The van der Waals surface area contributed by atoms with Crippen LogP contribution in [0.2, 0.25) is 5.02 Å². The highest BCUT2D eigenvalue weighted by Crippen LogP contribution is 2.23. The van der Waals surface area contributed by atoms with Crippen molar-refractivity contribution in [1.82, 2.24) is 19.9 Å². The summed E-state index contributed by atoms with van der Waals surface area (Å²) in [5, 5.41) is 3.58. The molecule has 3 aromatic rings. The topological polar surface area (TPSA) is 59.8 Å². The molecular formula is C17H15ClN4O. The molecule has 2 heterocycles. The number of aromatic nitrogens is 3. The van der Waals surface area contributed by atoms with Gasteiger partial charge in [0.05, 0.1) is 0 Å². The minimum absolute atomic E-state index is 0.265. The van der Waals surface area contributed by atoms with Crippen LogP contribution in [-0.4, -0.2) is 20.4 Å². The van der Waals surface area contributed by atoms with Crippen molar-refractivity contribution in [3.05, 3.63) is 83.2 Å². The van der Waals surface area contributed by atoms with Crippen LogP contribution in [0.5, 0.6) is 0 Å². The van der Waals surface area contributed by atoms with Gasteiger partial charge in [-0.1, -0.05) is 29.8 Å². The van der Waals surface area contributed by atoms with Gasteiger partial charge in [0.15, 0.2) is 0 Å². The number of hydrogen-bond donors (Lipinski definition) is 1. The van der Waals surface area contributed by atoms with Gasteiger partial charge in [0.25, 0.3) is 5.91 Å². The lowest BCUT2D eigenvalue weighted by atomic mass is 10.1. The molecule has 0 radical (unpaired) electrons. The summed E-state index contributed by atoms with van der Waals surface area (Å²) in [5.41, 5.74) is 1.21. The first-order valence-corrected chi connectivity index (χ1v) is 7.47. The molecule has 23 heavy (non-hydrogen) atoms. The van der Waals surface area contributed by atoms with E-state index in [-0.39, 0.29) is 5.91 Å². The zero-order chi connectivity index (χ0) is 16.2. The minimum Gasteiger partial charge on any atom is -0.337 e. The van der Waals surface area contributed by atoms with E-state index < -0.39 is 6.04 Å². The number of amides is 1. The summed E-state index contributed by atoms with van der Waals surface area (Å²) in [5.74, 6) is 0.454. The van der Waals surface area contributed by atoms with Gasteiger partial charge in [0, 0.05) is 30.7 Å². The van der Waals surface area contributed by atoms with Gasteiger partial charge in [-0.25, -0.2) is 4.98 Å². The van der Waals surface area contributed by atoms with Gasteiger partial charge < -0.3 is 9.88 Å². The van der Waals surface area contributed by atoms with E-state index in [4.69, 9.17) is 11.6 Å². The number of nitrogens with one attached hydrogen (secondary N) is 1. The minimum atomic E-state index is -0.414. The van der Waals surface area contributed by atoms with Gasteiger partial charge in [-0.05, 0) is 29.8 Å². The van der Waals surface area contributed by atoms with Gasteiger partial charge in [0.1, 0.15) is 17.6 Å². The van der Waals surface area contributed by atoms with Crippen LogP contribution < -0.4 is 5.32 Å². The fourth-order valence-corrected chi connectivity index (χ4v) is 2.54. The van der Waals surface area contributed by atoms with E-state index in [9.17, 15) is 4.79 Å². The highest BCUT2D eigenvalue weighted by molar-refractivity contribution is 6.30. The molecule has 1 atom stereocenters. The second-order valence-corrected chi connectivity index (χ2v) is 5.51. The Hall–Kier alpha value is -2.66. The van der Waals surface area contributed by atoms with Crippen LogP contribution in [0.15, 0.2) is 61.1 Å². The predicted molar refractivity (Wildman–Crippen MR) is 88.2 cm³/mol. The van der Waals surface area contributed by atoms with Gasteiger partial charge >= 0.3 is 0 Å². The number of aryl methyl sites for hydroxylation is 1. The Balaban J connectivity index is 1.96. The third-order valence-electron chi connectivity index (χ3n) is 3.47. The van der Waals surface area contributed by atoms with E-state index >= 15 is 0 Å². The normalized spacial score (nSPS) is 11.9. The molecule has 0 spiro atoms. The summed E-state index contributed by atoms with van der Waals surface area (Å²) in [6.45, 7) is 0. The van der Waals surface area contributed by atoms with Crippen molar-refractivity contribution in [3.8, 4) is 0 Å². The zero-order valence-electron chi connectivity index (χ0n) is 12.5. The number of nitrogens with zero attached hydrogens (tertiary/aromatic N) is 3. The molecule has 0 aliphatic heterocycles. The van der Waals surface area contributed by atoms with Crippen molar-refractivity contribution < 1.29 is 4.79 Å². The molecule has 0 aliphatic carbocycles. The molecule has 2 aromatic heterocycles. The third kappa shape index (κ3) is 3.40. The number of hydrogen-bond acceptors (Lipinski definition) is 3. The summed E-state index contributed by atoms with van der Waals surface area (Å²) < 4.78 is 1.87. The van der Waals surface area contributed by atoms with E-state index in [2.05, 4.69) is 15.3 Å². The summed E-state index contributed by atoms with van der Waals surface area (Å²) in [4.78, 5) is 20.9. The average molecular weight is 327 g/mol. The van der Waals surface area contributed by atoms with Crippen LogP contribution in [0.3, 0.4) is 0 Å². The molecule has 1 N–H and O–H groups in total. The van der Waals surface area contributed by atoms with Crippen LogP contribution in [0, 0.1) is 0 Å². The van der Waals surface area contributed by atoms with E-state index in [1.165, 1.54) is 0 Å². The Kier molecular flexibility index (Phi) is 4.39. The third-order valence-corrected chi connectivity index (χ3v) is 3.71. The summed E-state index contributed by atoms with van der Waals surface area (Å²) >= 11 is 6.09. The van der Waals surface area contributed by atoms with Gasteiger partial charge in [-0.3, -0.25) is 9.78 Å². The van der Waals surface area contributed by atoms with Gasteiger partial charge in [0.2, 0.25) is 0 Å². The maximum atomic E-state index is 12.5. The van der Waals surface area contributed by atoms with Crippen LogP contribution in [0.4, 0.5) is 0 Å². The number of rotatable bonds is 4. The van der Waals surface area contributed by atoms with Crippen molar-refractivity contribution in [1.29, 1.82) is 0 Å². The van der Waals surface area contributed by atoms with E-state index in [0.717, 1.165) is 11.4 Å². The number of halogens is 1. The highest BCUT2D eigenvalue weighted by atomic mass is 35.5. The van der Waals surface area contributed by atoms with Crippen LogP contribution in [0.1, 0.15) is 27.9 Å². The fraction of sp³-hybridized carbons (Fsp3) is 0.118. The lowest BCUT2D eigenvalue weighted by Gasteiger charge is -2.19. The molecule has 0 fully saturated rings. The lowest BCUT2D eigenvalue weighted by molar-refractivity contribution is 0.0936. The second-order valence-electron chi connectivity index (χ2n) is 5.07. The Morgan fingerprint density at radius 3 is 2.70 bits per heavy atom. The monoisotopic (exact) mass is 326 g/mol. The SMILES string of the molecule is Cn1ccnc1C(NC(=O)c1ccccn1)c1cccc(Cl)c1. The number of carbonyl (C=O) groups excluding carboxylic acids is 1. The van der Waals surface area contributed by atoms with Crippen molar-refractivity contribution in [2.45, 2.75) is 6.04 Å². The Bertz CT molecular complexity index is 816. The second kappa shape index (κ2) is 6.62. The largest absolute Gasteiger partial charge is 0.337 e. The molecule has 5 nitrogen and oxygen atoms in total. The van der Waals surface area contributed by atoms with Crippen molar-refractivity contribution in [2.75, 3.05) is 0 Å². The predicted octanol–water partition coefficient (Wildman–Crippen LogP) is 2.99. The number of carbonyl (C=O) groups is 1. The number of benzene rings is 1. The molecule has 6 heteroatoms. The van der Waals surface area contributed by atoms with Gasteiger partial charge in [-0.15, -0.1) is 0 Å². The lowest BCUT2D eigenvalue weighted by Crippen LogP contribution is -2.31. The van der Waals surface area contributed by atoms with Crippen LogP contribution in [0.25, 0.3) is 0 Å². The Labute approximate surface area is 139 Å². The maximum Gasteiger partial charge on any atom is 0.270 e. The molecule has 0 aliphatic rings. The fourth-order valence-electron chi connectivity index (χ4n) is 2.34. The molecule has 1 amide bonds. The zero-order valence-corrected chi connectivity index (χ0v) is 13.2. The summed E-state index contributed by atoms with van der Waals surface area (Å²) in [6.07, 6.45) is 5.11. The first-order valence-electron chi connectivity index (χ1n) is 7.10. The molecule has 0 saturated heterocycles. The number of pyridine rings is 1. The molecule has 1 aromatic carbocycles. The molecule has 1 unspecified atom stereocenters. The molecule has 0 bridgehead atoms. The molecule has 116 valence electrons. The van der Waals surface area contributed by atoms with Crippen LogP contribution >= 0.6 is 11.6 Å². The van der Waals surface area contributed by atoms with Crippen LogP contribution in [-0.2, 0) is 7.05 Å². The van der Waals surface area contributed by atoms with Crippen molar-refractivity contribution in [3.63, 3.8) is 0 Å². The standard InChI is InChI=1S/C17H15ClN4O/c1-22-10-9-20-16(22)15(12-5-4-6-13(18)11-12)21-17(23)14-7-2-3-8-19-14/h2-11,15H,1H3,(H,21,23). The van der Waals surface area contributed by atoms with Gasteiger partial charge in [-0.2, -0.15) is 0 Å². The first kappa shape index (κ1) is 15.2. The van der Waals surface area contributed by atoms with Crippen molar-refractivity contribution in [2.24, 2.45) is 7.05 Å². The number of imidazole rings is 1. The summed E-state index contributed by atoms with van der Waals surface area (Å²) in [7, 11) is 1.88. The van der Waals surface area contributed by atoms with Crippen molar-refractivity contribution >= 4 is 17.5 Å². The molecule has 0 saturated carbocycles. The molecular weight excluding hydrogens is 312 g/mol. The smallest absolute Gasteiger partial charge is 0.270 e. The Morgan fingerprint density at radius 2 is 2.04 bits per heavy atom. The maximum absolute atomic E-state index is 12.5. The summed E-state index contributed by atoms with van der Waals surface area (Å²) in [6, 6.07) is 12.2. The van der Waals surface area contributed by atoms with E-state index in [1.54, 1.807) is 36.7 Å². The molecule has 3 rings (SSSR count). The average Bonchev–Trinajstić information content (AvgIpc) is 2.99. The quantitative estimate of drug-likeness (QED) is 0.801. The van der Waals surface area contributed by atoms with E-state index in [0.29, 0.717) is 10.7 Å². The first-order chi connectivity index (χ1) is 11.1.